The van der Waals surface area contributed by atoms with Gasteiger partial charge in [-0.2, -0.15) is 4.99 Å². The molecular formula is C19H23Cl2N3O5S2. The largest absolute Gasteiger partial charge is 0.444 e. The topological polar surface area (TPSA) is 105 Å². The average Bonchev–Trinajstić information content (AvgIpc) is 3.04. The second-order valence-corrected chi connectivity index (χ2v) is 12.4. The molecule has 2 heterocycles. The van der Waals surface area contributed by atoms with Gasteiger partial charge in [-0.15, -0.1) is 0 Å². The maximum Gasteiger partial charge on any atom is 0.407 e. The van der Waals surface area contributed by atoms with E-state index in [1.54, 1.807) is 43.9 Å². The van der Waals surface area contributed by atoms with Crippen molar-refractivity contribution < 1.29 is 22.7 Å². The van der Waals surface area contributed by atoms with Crippen molar-refractivity contribution in [2.45, 2.75) is 44.1 Å². The number of hydrogen-bond acceptors (Lipinski definition) is 6. The second kappa shape index (κ2) is 9.17. The molecule has 2 amide bonds. The van der Waals surface area contributed by atoms with Gasteiger partial charge in [0, 0.05) is 23.2 Å². The molecule has 31 heavy (non-hydrogen) atoms. The number of thioether (sulfide) groups is 1. The predicted octanol–water partition coefficient (Wildman–Crippen LogP) is 3.51. The normalized spacial score (nSPS) is 23.6. The summed E-state index contributed by atoms with van der Waals surface area (Å²) >= 11 is 13.6. The van der Waals surface area contributed by atoms with Crippen molar-refractivity contribution in [3.63, 3.8) is 0 Å². The molecule has 1 aromatic carbocycles. The fourth-order valence-corrected chi connectivity index (χ4v) is 7.69. The van der Waals surface area contributed by atoms with Crippen LogP contribution in [-0.4, -0.2) is 60.5 Å². The SMILES string of the molecule is CC(C)(C)OC(=O)NCCC(=O)N=C1S[C@@H]2CS(=O)(=O)C[C@H]2N1c1ccc(Cl)cc1Cl. The first kappa shape index (κ1) is 24.2. The van der Waals surface area contributed by atoms with Crippen LogP contribution >= 0.6 is 35.0 Å². The van der Waals surface area contributed by atoms with Gasteiger partial charge in [0.25, 0.3) is 0 Å². The fourth-order valence-electron chi connectivity index (χ4n) is 3.27. The van der Waals surface area contributed by atoms with Crippen molar-refractivity contribution in [2.24, 2.45) is 4.99 Å². The summed E-state index contributed by atoms with van der Waals surface area (Å²) in [6.07, 6.45) is -0.642. The minimum Gasteiger partial charge on any atom is -0.444 e. The molecule has 2 fully saturated rings. The zero-order chi connectivity index (χ0) is 23.0. The minimum atomic E-state index is -3.19. The summed E-state index contributed by atoms with van der Waals surface area (Å²) in [5.74, 6) is -0.481. The molecule has 1 N–H and O–H groups in total. The number of carbonyl (C=O) groups is 2. The Bertz CT molecular complexity index is 1020. The molecule has 3 rings (SSSR count). The summed E-state index contributed by atoms with van der Waals surface area (Å²) < 4.78 is 29.4. The molecule has 0 radical (unpaired) electrons. The summed E-state index contributed by atoms with van der Waals surface area (Å²) in [6.45, 7) is 5.30. The number of alkyl carbamates (subject to hydrolysis) is 1. The maximum atomic E-state index is 12.4. The summed E-state index contributed by atoms with van der Waals surface area (Å²) in [5, 5.41) is 3.44. The number of fused-ring (bicyclic) bond motifs is 1. The number of nitrogens with one attached hydrogen (secondary N) is 1. The highest BCUT2D eigenvalue weighted by molar-refractivity contribution is 8.16. The van der Waals surface area contributed by atoms with Crippen LogP contribution in [0.2, 0.25) is 10.0 Å². The van der Waals surface area contributed by atoms with Gasteiger partial charge < -0.3 is 15.0 Å². The van der Waals surface area contributed by atoms with E-state index in [-0.39, 0.29) is 35.8 Å². The van der Waals surface area contributed by atoms with E-state index in [2.05, 4.69) is 10.3 Å². The van der Waals surface area contributed by atoms with E-state index in [1.807, 2.05) is 0 Å². The number of ether oxygens (including phenoxy) is 1. The minimum absolute atomic E-state index is 0.0114. The lowest BCUT2D eigenvalue weighted by Gasteiger charge is -2.25. The molecule has 8 nitrogen and oxygen atoms in total. The molecule has 2 aliphatic heterocycles. The number of aliphatic imine (C=N–C) groups is 1. The zero-order valence-corrected chi connectivity index (χ0v) is 20.4. The van der Waals surface area contributed by atoms with Crippen LogP contribution in [-0.2, 0) is 19.4 Å². The van der Waals surface area contributed by atoms with Crippen LogP contribution < -0.4 is 10.2 Å². The summed E-state index contributed by atoms with van der Waals surface area (Å²) in [6, 6.07) is 4.52. The molecule has 2 atom stereocenters. The number of sulfone groups is 1. The second-order valence-electron chi connectivity index (χ2n) is 8.23. The highest BCUT2D eigenvalue weighted by Crippen LogP contribution is 2.43. The van der Waals surface area contributed by atoms with E-state index >= 15 is 0 Å². The molecule has 170 valence electrons. The Morgan fingerprint density at radius 1 is 1.29 bits per heavy atom. The van der Waals surface area contributed by atoms with Crippen LogP contribution in [0.15, 0.2) is 23.2 Å². The molecule has 0 spiro atoms. The van der Waals surface area contributed by atoms with E-state index in [0.29, 0.717) is 20.9 Å². The Labute approximate surface area is 195 Å². The standard InChI is InChI=1S/C19H23Cl2N3O5S2/c1-19(2,3)29-18(26)22-7-6-16(25)23-17-24(13-5-4-11(20)8-12(13)21)14-9-31(27,28)10-15(14)30-17/h4-5,8,14-15H,6-7,9-10H2,1-3H3,(H,22,26)/t14-,15-/m1/s1. The number of rotatable bonds is 4. The Morgan fingerprint density at radius 2 is 2.00 bits per heavy atom. The molecule has 2 saturated heterocycles. The van der Waals surface area contributed by atoms with Crippen molar-refractivity contribution in [2.75, 3.05) is 23.0 Å². The quantitative estimate of drug-likeness (QED) is 0.664. The maximum absolute atomic E-state index is 12.4. The molecule has 1 aromatic rings. The van der Waals surface area contributed by atoms with E-state index in [1.165, 1.54) is 11.8 Å². The number of nitrogens with zero attached hydrogens (tertiary/aromatic N) is 2. The molecule has 0 unspecified atom stereocenters. The van der Waals surface area contributed by atoms with E-state index in [4.69, 9.17) is 27.9 Å². The van der Waals surface area contributed by atoms with Gasteiger partial charge in [-0.3, -0.25) is 4.79 Å². The molecular weight excluding hydrogens is 485 g/mol. The number of anilines is 1. The first-order valence-electron chi connectivity index (χ1n) is 9.54. The number of halogens is 2. The lowest BCUT2D eigenvalue weighted by atomic mass is 10.2. The van der Waals surface area contributed by atoms with E-state index < -0.39 is 27.4 Å². The molecule has 12 heteroatoms. The number of benzene rings is 1. The number of carbonyl (C=O) groups excluding carboxylic acids is 2. The number of amidine groups is 1. The van der Waals surface area contributed by atoms with Crippen LogP contribution in [0.1, 0.15) is 27.2 Å². The Morgan fingerprint density at radius 3 is 2.65 bits per heavy atom. The van der Waals surface area contributed by atoms with Crippen LogP contribution in [0, 0.1) is 0 Å². The smallest absolute Gasteiger partial charge is 0.407 e. The Kier molecular flexibility index (Phi) is 7.15. The van der Waals surface area contributed by atoms with Crippen LogP contribution in [0.4, 0.5) is 10.5 Å². The molecule has 0 bridgehead atoms. The van der Waals surface area contributed by atoms with Gasteiger partial charge in [0.1, 0.15) is 5.60 Å². The van der Waals surface area contributed by atoms with Gasteiger partial charge in [-0.25, -0.2) is 13.2 Å². The number of hydrogen-bond donors (Lipinski definition) is 1. The van der Waals surface area contributed by atoms with Gasteiger partial charge in [-0.1, -0.05) is 35.0 Å². The third kappa shape index (κ3) is 6.27. The number of amides is 2. The lowest BCUT2D eigenvalue weighted by molar-refractivity contribution is -0.117. The van der Waals surface area contributed by atoms with Gasteiger partial charge >= 0.3 is 6.09 Å². The van der Waals surface area contributed by atoms with Crippen LogP contribution in [0.3, 0.4) is 0 Å². The van der Waals surface area contributed by atoms with E-state index in [0.717, 1.165) is 0 Å². The first-order valence-corrected chi connectivity index (χ1v) is 13.0. The Balaban J connectivity index is 1.75. The van der Waals surface area contributed by atoms with Crippen molar-refractivity contribution in [3.05, 3.63) is 28.2 Å². The highest BCUT2D eigenvalue weighted by atomic mass is 35.5. The van der Waals surface area contributed by atoms with Gasteiger partial charge in [-0.05, 0) is 39.0 Å². The lowest BCUT2D eigenvalue weighted by Crippen LogP contribution is -2.38. The van der Waals surface area contributed by atoms with Gasteiger partial charge in [0.2, 0.25) is 5.91 Å². The van der Waals surface area contributed by atoms with Gasteiger partial charge in [0.15, 0.2) is 15.0 Å². The fraction of sp³-hybridized carbons (Fsp3) is 0.526. The average molecular weight is 508 g/mol. The zero-order valence-electron chi connectivity index (χ0n) is 17.2. The highest BCUT2D eigenvalue weighted by Gasteiger charge is 2.49. The van der Waals surface area contributed by atoms with Crippen molar-refractivity contribution in [1.82, 2.24) is 5.32 Å². The monoisotopic (exact) mass is 507 g/mol. The summed E-state index contributed by atoms with van der Waals surface area (Å²) in [4.78, 5) is 30.0. The van der Waals surface area contributed by atoms with Gasteiger partial charge in [0.05, 0.1) is 28.3 Å². The predicted molar refractivity (Wildman–Crippen MR) is 124 cm³/mol. The molecule has 0 aromatic heterocycles. The Hall–Kier alpha value is -1.49. The molecule has 0 saturated carbocycles. The van der Waals surface area contributed by atoms with Crippen molar-refractivity contribution in [1.29, 1.82) is 0 Å². The van der Waals surface area contributed by atoms with Crippen molar-refractivity contribution >= 4 is 67.7 Å². The first-order chi connectivity index (χ1) is 14.3. The van der Waals surface area contributed by atoms with E-state index in [9.17, 15) is 18.0 Å². The molecule has 2 aliphatic rings. The third-order valence-electron chi connectivity index (χ3n) is 4.46. The van der Waals surface area contributed by atoms with Crippen LogP contribution in [0.5, 0.6) is 0 Å². The van der Waals surface area contributed by atoms with Crippen LogP contribution in [0.25, 0.3) is 0 Å². The summed E-state index contributed by atoms with van der Waals surface area (Å²) in [7, 11) is -3.19. The van der Waals surface area contributed by atoms with Crippen molar-refractivity contribution in [3.8, 4) is 0 Å². The molecule has 0 aliphatic carbocycles. The third-order valence-corrected chi connectivity index (χ3v) is 8.21. The summed E-state index contributed by atoms with van der Waals surface area (Å²) in [5.41, 5.74) is -0.0905.